The van der Waals surface area contributed by atoms with Gasteiger partial charge >= 0.3 is 0 Å². The predicted octanol–water partition coefficient (Wildman–Crippen LogP) is 3.15. The smallest absolute Gasteiger partial charge is 0.242 e. The summed E-state index contributed by atoms with van der Waals surface area (Å²) in [5, 5.41) is 4.46. The van der Waals surface area contributed by atoms with Gasteiger partial charge in [0.1, 0.15) is 0 Å². The van der Waals surface area contributed by atoms with E-state index in [9.17, 15) is 13.2 Å². The Morgan fingerprint density at radius 3 is 2.24 bits per heavy atom. The van der Waals surface area contributed by atoms with Crippen molar-refractivity contribution in [3.8, 4) is 0 Å². The minimum Gasteiger partial charge on any atom is -0.325 e. The molecule has 2 N–H and O–H groups in total. The van der Waals surface area contributed by atoms with Gasteiger partial charge in [-0.05, 0) is 42.0 Å². The zero-order chi connectivity index (χ0) is 17.9. The van der Waals surface area contributed by atoms with E-state index >= 15 is 0 Å². The maximum atomic E-state index is 12.6. The summed E-state index contributed by atoms with van der Waals surface area (Å²) in [4.78, 5) is 12.3. The molecule has 6 heteroatoms. The monoisotopic (exact) mass is 354 g/mol. The summed E-state index contributed by atoms with van der Waals surface area (Å²) >= 11 is 0. The van der Waals surface area contributed by atoms with Gasteiger partial charge < -0.3 is 5.32 Å². The Balaban J connectivity index is 1.76. The van der Waals surface area contributed by atoms with Gasteiger partial charge in [0.25, 0.3) is 0 Å². The Kier molecular flexibility index (Phi) is 4.83. The minimum atomic E-state index is -3.80. The van der Waals surface area contributed by atoms with Crippen molar-refractivity contribution in [2.75, 3.05) is 5.32 Å². The Bertz CT molecular complexity index is 1000. The van der Waals surface area contributed by atoms with Crippen LogP contribution >= 0.6 is 0 Å². The van der Waals surface area contributed by atoms with Crippen LogP contribution in [0.5, 0.6) is 0 Å². The van der Waals surface area contributed by atoms with Crippen LogP contribution in [-0.2, 0) is 14.8 Å². The highest BCUT2D eigenvalue weighted by atomic mass is 32.2. The van der Waals surface area contributed by atoms with Crippen LogP contribution in [0, 0.1) is 0 Å². The molecule has 0 saturated heterocycles. The molecule has 0 aliphatic heterocycles. The molecule has 0 fully saturated rings. The quantitative estimate of drug-likeness (QED) is 0.739. The van der Waals surface area contributed by atoms with Crippen molar-refractivity contribution >= 4 is 32.4 Å². The second-order valence-corrected chi connectivity index (χ2v) is 7.42. The number of sulfonamides is 1. The van der Waals surface area contributed by atoms with Crippen LogP contribution in [0.15, 0.2) is 77.7 Å². The molecule has 0 radical (unpaired) electrons. The summed E-state index contributed by atoms with van der Waals surface area (Å²) < 4.78 is 27.5. The molecule has 3 aromatic carbocycles. The van der Waals surface area contributed by atoms with Crippen molar-refractivity contribution in [2.45, 2.75) is 17.9 Å². The van der Waals surface area contributed by atoms with E-state index < -0.39 is 22.0 Å². The number of para-hydroxylation sites is 1. The Morgan fingerprint density at radius 1 is 0.880 bits per heavy atom. The molecule has 0 heterocycles. The number of carbonyl (C=O) groups is 1. The summed E-state index contributed by atoms with van der Waals surface area (Å²) in [7, 11) is -3.80. The van der Waals surface area contributed by atoms with Gasteiger partial charge in [0.15, 0.2) is 0 Å². The summed E-state index contributed by atoms with van der Waals surface area (Å²) in [5.41, 5.74) is 0.615. The molecule has 5 nitrogen and oxygen atoms in total. The van der Waals surface area contributed by atoms with E-state index in [4.69, 9.17) is 0 Å². The number of hydrogen-bond donors (Lipinski definition) is 2. The number of amides is 1. The van der Waals surface area contributed by atoms with E-state index in [1.54, 1.807) is 36.4 Å². The molecular weight excluding hydrogens is 336 g/mol. The van der Waals surface area contributed by atoms with Gasteiger partial charge in [0.2, 0.25) is 15.9 Å². The molecule has 0 aromatic heterocycles. The summed E-state index contributed by atoms with van der Waals surface area (Å²) in [5.74, 6) is -0.421. The first kappa shape index (κ1) is 17.1. The minimum absolute atomic E-state index is 0.130. The molecule has 3 rings (SSSR count). The van der Waals surface area contributed by atoms with Gasteiger partial charge in [0, 0.05) is 5.69 Å². The van der Waals surface area contributed by atoms with Gasteiger partial charge in [0.05, 0.1) is 10.9 Å². The number of anilines is 1. The fraction of sp³-hybridized carbons (Fsp3) is 0.105. The Hall–Kier alpha value is -2.70. The van der Waals surface area contributed by atoms with Gasteiger partial charge in [-0.25, -0.2) is 8.42 Å². The third-order valence-electron chi connectivity index (χ3n) is 3.80. The van der Waals surface area contributed by atoms with Gasteiger partial charge in [-0.3, -0.25) is 4.79 Å². The largest absolute Gasteiger partial charge is 0.325 e. The zero-order valence-electron chi connectivity index (χ0n) is 13.6. The highest BCUT2D eigenvalue weighted by Gasteiger charge is 2.22. The number of hydrogen-bond acceptors (Lipinski definition) is 3. The number of carbonyl (C=O) groups excluding carboxylic acids is 1. The number of fused-ring (bicyclic) bond motifs is 1. The molecule has 128 valence electrons. The topological polar surface area (TPSA) is 75.3 Å². The van der Waals surface area contributed by atoms with Crippen molar-refractivity contribution < 1.29 is 13.2 Å². The van der Waals surface area contributed by atoms with Crippen LogP contribution < -0.4 is 10.0 Å². The van der Waals surface area contributed by atoms with Crippen LogP contribution in [0.1, 0.15) is 6.92 Å². The lowest BCUT2D eigenvalue weighted by Gasteiger charge is -2.15. The maximum absolute atomic E-state index is 12.6. The van der Waals surface area contributed by atoms with E-state index in [1.807, 2.05) is 30.3 Å². The molecule has 0 spiro atoms. The standard InChI is InChI=1S/C19H18N2O3S/c1-14(19(22)20-17-9-3-2-4-10-17)21-25(23,24)18-12-11-15-7-5-6-8-16(15)13-18/h2-14,21H,1H3,(H,20,22)/t14-/m0/s1. The average Bonchev–Trinajstić information content (AvgIpc) is 2.61. The molecule has 0 aliphatic carbocycles. The van der Waals surface area contributed by atoms with Crippen LogP contribution in [0.2, 0.25) is 0 Å². The SMILES string of the molecule is C[C@H](NS(=O)(=O)c1ccc2ccccc2c1)C(=O)Nc1ccccc1. The Morgan fingerprint density at radius 2 is 1.52 bits per heavy atom. The van der Waals surface area contributed by atoms with Crippen molar-refractivity contribution in [3.05, 3.63) is 72.8 Å². The maximum Gasteiger partial charge on any atom is 0.242 e. The summed E-state index contributed by atoms with van der Waals surface area (Å²) in [6, 6.07) is 20.4. The average molecular weight is 354 g/mol. The molecule has 0 bridgehead atoms. The van der Waals surface area contributed by atoms with E-state index in [1.165, 1.54) is 13.0 Å². The van der Waals surface area contributed by atoms with Gasteiger partial charge in [-0.1, -0.05) is 48.5 Å². The highest BCUT2D eigenvalue weighted by molar-refractivity contribution is 7.89. The lowest BCUT2D eigenvalue weighted by atomic mass is 10.1. The summed E-state index contributed by atoms with van der Waals surface area (Å²) in [6.45, 7) is 1.51. The highest BCUT2D eigenvalue weighted by Crippen LogP contribution is 2.19. The summed E-state index contributed by atoms with van der Waals surface area (Å²) in [6.07, 6.45) is 0. The predicted molar refractivity (Wildman–Crippen MR) is 98.8 cm³/mol. The number of rotatable bonds is 5. The fourth-order valence-electron chi connectivity index (χ4n) is 2.46. The first-order valence-corrected chi connectivity index (χ1v) is 9.31. The molecule has 1 atom stereocenters. The van der Waals surface area contributed by atoms with E-state index in [0.29, 0.717) is 5.69 Å². The molecule has 0 aliphatic rings. The molecular formula is C19H18N2O3S. The van der Waals surface area contributed by atoms with E-state index in [0.717, 1.165) is 10.8 Å². The van der Waals surface area contributed by atoms with Crippen LogP contribution in [0.4, 0.5) is 5.69 Å². The van der Waals surface area contributed by atoms with Crippen molar-refractivity contribution in [2.24, 2.45) is 0 Å². The van der Waals surface area contributed by atoms with Crippen LogP contribution in [0.25, 0.3) is 10.8 Å². The lowest BCUT2D eigenvalue weighted by Crippen LogP contribution is -2.41. The molecule has 0 unspecified atom stereocenters. The third kappa shape index (κ3) is 4.04. The number of nitrogens with one attached hydrogen (secondary N) is 2. The first-order valence-electron chi connectivity index (χ1n) is 7.83. The van der Waals surface area contributed by atoms with E-state index in [-0.39, 0.29) is 4.90 Å². The van der Waals surface area contributed by atoms with Crippen molar-refractivity contribution in [3.63, 3.8) is 0 Å². The van der Waals surface area contributed by atoms with Gasteiger partial charge in [-0.2, -0.15) is 4.72 Å². The van der Waals surface area contributed by atoms with Crippen molar-refractivity contribution in [1.29, 1.82) is 0 Å². The van der Waals surface area contributed by atoms with E-state index in [2.05, 4.69) is 10.0 Å². The third-order valence-corrected chi connectivity index (χ3v) is 5.34. The molecule has 25 heavy (non-hydrogen) atoms. The van der Waals surface area contributed by atoms with Crippen LogP contribution in [0.3, 0.4) is 0 Å². The van der Waals surface area contributed by atoms with Crippen LogP contribution in [-0.4, -0.2) is 20.4 Å². The van der Waals surface area contributed by atoms with Crippen molar-refractivity contribution in [1.82, 2.24) is 4.72 Å². The molecule has 3 aromatic rings. The second-order valence-electron chi connectivity index (χ2n) is 5.71. The normalized spacial score (nSPS) is 12.7. The van der Waals surface area contributed by atoms with Gasteiger partial charge in [-0.15, -0.1) is 0 Å². The molecule has 1 amide bonds. The first-order chi connectivity index (χ1) is 12.0. The Labute approximate surface area is 146 Å². The fourth-order valence-corrected chi connectivity index (χ4v) is 3.70. The number of benzene rings is 3. The zero-order valence-corrected chi connectivity index (χ0v) is 14.5. The lowest BCUT2D eigenvalue weighted by molar-refractivity contribution is -0.117. The second kappa shape index (κ2) is 7.04. The molecule has 0 saturated carbocycles.